The molecule has 1 amide bonds. The highest BCUT2D eigenvalue weighted by Crippen LogP contribution is 2.33. The molecular weight excluding hydrogens is 368 g/mol. The van der Waals surface area contributed by atoms with Crippen LogP contribution in [0.1, 0.15) is 36.8 Å². The molecule has 1 unspecified atom stereocenters. The van der Waals surface area contributed by atoms with Crippen molar-refractivity contribution in [3.05, 3.63) is 54.5 Å². The van der Waals surface area contributed by atoms with Gasteiger partial charge in [0.25, 0.3) is 5.91 Å². The van der Waals surface area contributed by atoms with Gasteiger partial charge in [-0.25, -0.2) is 15.0 Å². The molecule has 9 heteroatoms. The smallest absolute Gasteiger partial charge is 0.298 e. The minimum atomic E-state index is -0.687. The van der Waals surface area contributed by atoms with Crippen molar-refractivity contribution in [1.29, 1.82) is 0 Å². The van der Waals surface area contributed by atoms with E-state index in [0.717, 1.165) is 11.1 Å². The number of carbonyl (C=O) groups is 1. The van der Waals surface area contributed by atoms with Crippen molar-refractivity contribution in [1.82, 2.24) is 24.5 Å². The van der Waals surface area contributed by atoms with Gasteiger partial charge in [-0.3, -0.25) is 9.78 Å². The summed E-state index contributed by atoms with van der Waals surface area (Å²) in [6.07, 6.45) is 8.13. The van der Waals surface area contributed by atoms with E-state index < -0.39 is 11.3 Å². The molecule has 0 aromatic carbocycles. The third-order valence-electron chi connectivity index (χ3n) is 5.16. The number of aliphatic imine (C=N–C) groups is 1. The highest BCUT2D eigenvalue weighted by molar-refractivity contribution is 6.05. The average molecular weight is 392 g/mol. The van der Waals surface area contributed by atoms with Gasteiger partial charge in [0, 0.05) is 37.4 Å². The van der Waals surface area contributed by atoms with Crippen molar-refractivity contribution in [2.45, 2.75) is 26.2 Å². The maximum absolute atomic E-state index is 12.5. The molecule has 3 aromatic heterocycles. The van der Waals surface area contributed by atoms with Crippen molar-refractivity contribution in [3.63, 3.8) is 0 Å². The number of nitrogen functional groups attached to an aromatic ring is 1. The van der Waals surface area contributed by atoms with Crippen molar-refractivity contribution in [3.8, 4) is 11.3 Å². The van der Waals surface area contributed by atoms with Gasteiger partial charge >= 0.3 is 0 Å². The molecule has 0 fully saturated rings. The summed E-state index contributed by atoms with van der Waals surface area (Å²) in [5.74, 6) is 0.0155. The lowest BCUT2D eigenvalue weighted by Crippen LogP contribution is -2.43. The first-order valence-corrected chi connectivity index (χ1v) is 9.13. The molecule has 0 aliphatic carbocycles. The van der Waals surface area contributed by atoms with Gasteiger partial charge in [-0.2, -0.15) is 4.99 Å². The first-order chi connectivity index (χ1) is 13.7. The Morgan fingerprint density at radius 2 is 1.83 bits per heavy atom. The van der Waals surface area contributed by atoms with E-state index in [1.807, 2.05) is 32.9 Å². The molecule has 0 aliphatic heterocycles. The molecule has 3 rings (SSSR count). The van der Waals surface area contributed by atoms with Gasteiger partial charge in [0.15, 0.2) is 0 Å². The molecule has 0 saturated carbocycles. The Bertz CT molecular complexity index is 1040. The van der Waals surface area contributed by atoms with Crippen LogP contribution in [-0.4, -0.2) is 36.2 Å². The Kier molecular flexibility index (Phi) is 5.40. The molecule has 29 heavy (non-hydrogen) atoms. The third-order valence-corrected chi connectivity index (χ3v) is 5.16. The number of amidine groups is 1. The number of imidazole rings is 1. The number of hydrogen-bond acceptors (Lipinski definition) is 6. The highest BCUT2D eigenvalue weighted by Gasteiger charge is 2.36. The van der Waals surface area contributed by atoms with Gasteiger partial charge in [-0.1, -0.05) is 19.9 Å². The van der Waals surface area contributed by atoms with Crippen LogP contribution in [-0.2, 0) is 12.5 Å². The number of hydrogen-bond donors (Lipinski definition) is 2. The van der Waals surface area contributed by atoms with Crippen LogP contribution < -0.4 is 11.5 Å². The fourth-order valence-electron chi connectivity index (χ4n) is 2.93. The Labute approximate surface area is 168 Å². The molecule has 150 valence electrons. The van der Waals surface area contributed by atoms with E-state index in [9.17, 15) is 4.79 Å². The maximum Gasteiger partial charge on any atom is 0.298 e. The normalized spacial score (nSPS) is 14.0. The second kappa shape index (κ2) is 7.78. The van der Waals surface area contributed by atoms with E-state index >= 15 is 0 Å². The van der Waals surface area contributed by atoms with Gasteiger partial charge < -0.3 is 16.0 Å². The quantitative estimate of drug-likeness (QED) is 0.500. The zero-order valence-corrected chi connectivity index (χ0v) is 16.9. The molecule has 0 saturated heterocycles. The van der Waals surface area contributed by atoms with Crippen LogP contribution in [0, 0.1) is 5.92 Å². The number of pyridine rings is 1. The molecule has 4 N–H and O–H groups in total. The van der Waals surface area contributed by atoms with Crippen LogP contribution >= 0.6 is 0 Å². The van der Waals surface area contributed by atoms with Crippen LogP contribution in [0.2, 0.25) is 0 Å². The first kappa shape index (κ1) is 20.1. The van der Waals surface area contributed by atoms with Gasteiger partial charge in [-0.15, -0.1) is 0 Å². The zero-order chi connectivity index (χ0) is 21.2. The Morgan fingerprint density at radius 3 is 2.34 bits per heavy atom. The fraction of sp³-hybridized carbons (Fsp3) is 0.300. The summed E-state index contributed by atoms with van der Waals surface area (Å²) in [6.45, 7) is 6.00. The monoisotopic (exact) mass is 392 g/mol. The minimum absolute atomic E-state index is 0.0651. The number of nitrogens with zero attached hydrogens (tertiary/aromatic N) is 6. The summed E-state index contributed by atoms with van der Waals surface area (Å²) in [5, 5.41) is 0. The second-order valence-electron chi connectivity index (χ2n) is 7.35. The lowest BCUT2D eigenvalue weighted by molar-refractivity contribution is 0.0997. The SMILES string of the molecule is CC(C)C(C)(C(N)=NC(=O)c1cn(C)cn1)c1ccc(-c2cnc(N)nc2)nc1. The van der Waals surface area contributed by atoms with Crippen molar-refractivity contribution in [2.24, 2.45) is 23.7 Å². The molecule has 0 bridgehead atoms. The van der Waals surface area contributed by atoms with Crippen molar-refractivity contribution in [2.75, 3.05) is 5.73 Å². The topological polar surface area (TPSA) is 138 Å². The van der Waals surface area contributed by atoms with E-state index in [-0.39, 0.29) is 23.4 Å². The summed E-state index contributed by atoms with van der Waals surface area (Å²) in [6, 6.07) is 3.78. The lowest BCUT2D eigenvalue weighted by atomic mass is 9.73. The Balaban J connectivity index is 1.94. The number of aryl methyl sites for hydroxylation is 1. The van der Waals surface area contributed by atoms with Crippen LogP contribution in [0.4, 0.5) is 5.95 Å². The maximum atomic E-state index is 12.5. The van der Waals surface area contributed by atoms with Crippen LogP contribution in [0.15, 0.2) is 48.2 Å². The van der Waals surface area contributed by atoms with E-state index in [2.05, 4.69) is 24.9 Å². The molecular formula is C20H24N8O. The molecule has 0 spiro atoms. The van der Waals surface area contributed by atoms with Crippen LogP contribution in [0.25, 0.3) is 11.3 Å². The molecule has 9 nitrogen and oxygen atoms in total. The second-order valence-corrected chi connectivity index (χ2v) is 7.35. The van der Waals surface area contributed by atoms with Crippen molar-refractivity contribution < 1.29 is 4.79 Å². The molecule has 0 radical (unpaired) electrons. The standard InChI is InChI=1S/C20H24N8O/c1-12(2)20(3,18(21)27-17(29)16-10-28(4)11-26-16)14-5-6-15(23-9-14)13-7-24-19(22)25-8-13/h5-12H,1-4H3,(H2,21,27,29)(H2,22,24,25). The summed E-state index contributed by atoms with van der Waals surface area (Å²) in [4.78, 5) is 33.1. The molecule has 3 heterocycles. The van der Waals surface area contributed by atoms with Gasteiger partial charge in [0.05, 0.1) is 17.4 Å². The van der Waals surface area contributed by atoms with Crippen molar-refractivity contribution >= 4 is 17.7 Å². The van der Waals surface area contributed by atoms with Crippen LogP contribution in [0.5, 0.6) is 0 Å². The van der Waals surface area contributed by atoms with E-state index in [0.29, 0.717) is 5.69 Å². The minimum Gasteiger partial charge on any atom is -0.386 e. The summed E-state index contributed by atoms with van der Waals surface area (Å²) >= 11 is 0. The molecule has 0 aliphatic rings. The largest absolute Gasteiger partial charge is 0.386 e. The zero-order valence-electron chi connectivity index (χ0n) is 16.9. The number of nitrogens with two attached hydrogens (primary N) is 2. The van der Waals surface area contributed by atoms with E-state index in [1.54, 1.807) is 42.7 Å². The summed E-state index contributed by atoms with van der Waals surface area (Å²) in [7, 11) is 1.79. The van der Waals surface area contributed by atoms with Crippen LogP contribution in [0.3, 0.4) is 0 Å². The van der Waals surface area contributed by atoms with E-state index in [4.69, 9.17) is 11.5 Å². The number of rotatable bonds is 5. The first-order valence-electron chi connectivity index (χ1n) is 9.13. The Hall–Kier alpha value is -3.62. The molecule has 3 aromatic rings. The number of anilines is 1. The Morgan fingerprint density at radius 1 is 1.14 bits per heavy atom. The average Bonchev–Trinajstić information content (AvgIpc) is 3.14. The number of carbonyl (C=O) groups excluding carboxylic acids is 1. The predicted octanol–water partition coefficient (Wildman–Crippen LogP) is 1.97. The lowest BCUT2D eigenvalue weighted by Gasteiger charge is -2.33. The number of aromatic nitrogens is 5. The summed E-state index contributed by atoms with van der Waals surface area (Å²) in [5.41, 5.74) is 13.7. The highest BCUT2D eigenvalue weighted by atomic mass is 16.1. The van der Waals surface area contributed by atoms with Gasteiger partial charge in [0.2, 0.25) is 5.95 Å². The number of amides is 1. The van der Waals surface area contributed by atoms with Gasteiger partial charge in [0.1, 0.15) is 11.5 Å². The molecule has 1 atom stereocenters. The fourth-order valence-corrected chi connectivity index (χ4v) is 2.93. The summed E-state index contributed by atoms with van der Waals surface area (Å²) < 4.78 is 1.68. The third kappa shape index (κ3) is 3.98. The van der Waals surface area contributed by atoms with E-state index in [1.165, 1.54) is 0 Å². The predicted molar refractivity (Wildman–Crippen MR) is 111 cm³/mol. The van der Waals surface area contributed by atoms with Gasteiger partial charge in [-0.05, 0) is 24.5 Å².